The van der Waals surface area contributed by atoms with Crippen molar-refractivity contribution in [3.8, 4) is 0 Å². The van der Waals surface area contributed by atoms with E-state index in [4.69, 9.17) is 0 Å². The van der Waals surface area contributed by atoms with E-state index in [-0.39, 0.29) is 11.9 Å². The van der Waals surface area contributed by atoms with Gasteiger partial charge in [-0.15, -0.1) is 0 Å². The Morgan fingerprint density at radius 3 is 2.12 bits per heavy atom. The number of hydrogen-bond acceptors (Lipinski definition) is 2. The van der Waals surface area contributed by atoms with Crippen LogP contribution in [-0.4, -0.2) is 5.91 Å². The number of hydrogen-bond donors (Lipinski definition) is 2. The van der Waals surface area contributed by atoms with Crippen LogP contribution in [0.2, 0.25) is 0 Å². The van der Waals surface area contributed by atoms with Crippen molar-refractivity contribution in [3.63, 3.8) is 0 Å². The molecule has 0 spiro atoms. The summed E-state index contributed by atoms with van der Waals surface area (Å²) in [5.41, 5.74) is 5.28. The Kier molecular flexibility index (Phi) is 5.69. The highest BCUT2D eigenvalue weighted by Gasteiger charge is 2.06. The van der Waals surface area contributed by atoms with Crippen LogP contribution in [0.1, 0.15) is 29.7 Å². The highest BCUT2D eigenvalue weighted by Crippen LogP contribution is 2.20. The van der Waals surface area contributed by atoms with E-state index in [1.807, 2.05) is 73.7 Å². The lowest BCUT2D eigenvalue weighted by Crippen LogP contribution is -2.14. The number of aryl methyl sites for hydroxylation is 1. The zero-order valence-corrected chi connectivity index (χ0v) is 15.2. The molecule has 132 valence electrons. The van der Waals surface area contributed by atoms with E-state index in [2.05, 4.69) is 29.7 Å². The largest absolute Gasteiger partial charge is 0.379 e. The summed E-state index contributed by atoms with van der Waals surface area (Å²) in [4.78, 5) is 12.2. The molecule has 3 aromatic rings. The van der Waals surface area contributed by atoms with Gasteiger partial charge in [-0.25, -0.2) is 0 Å². The monoisotopic (exact) mass is 344 g/mol. The first-order valence-corrected chi connectivity index (χ1v) is 8.87. The quantitative estimate of drug-likeness (QED) is 0.633. The summed E-state index contributed by atoms with van der Waals surface area (Å²) in [5.74, 6) is -0.00721. The molecule has 0 saturated carbocycles. The molecule has 0 fully saturated rings. The van der Waals surface area contributed by atoms with E-state index in [1.54, 1.807) is 0 Å². The fourth-order valence-corrected chi connectivity index (χ4v) is 2.82. The van der Waals surface area contributed by atoms with Crippen LogP contribution in [0.5, 0.6) is 0 Å². The summed E-state index contributed by atoms with van der Waals surface area (Å²) < 4.78 is 0. The number of carbonyl (C=O) groups excluding carboxylic acids is 1. The Morgan fingerprint density at radius 2 is 1.46 bits per heavy atom. The minimum atomic E-state index is -0.00721. The second-order valence-corrected chi connectivity index (χ2v) is 6.56. The Balaban J connectivity index is 1.55. The van der Waals surface area contributed by atoms with E-state index in [1.165, 1.54) is 11.1 Å². The lowest BCUT2D eigenvalue weighted by molar-refractivity contribution is -0.115. The fraction of sp³-hybridized carbons (Fsp3) is 0.174. The summed E-state index contributed by atoms with van der Waals surface area (Å²) >= 11 is 0. The molecule has 0 aliphatic carbocycles. The van der Waals surface area contributed by atoms with Crippen LogP contribution < -0.4 is 10.6 Å². The van der Waals surface area contributed by atoms with Gasteiger partial charge in [0.25, 0.3) is 0 Å². The minimum absolute atomic E-state index is 0.00721. The summed E-state index contributed by atoms with van der Waals surface area (Å²) in [5, 5.41) is 6.42. The standard InChI is InChI=1S/C23H24N2O/c1-17-8-10-19(11-9-17)16-23(26)25-22-14-12-21(13-15-22)24-18(2)20-6-4-3-5-7-20/h3-15,18,24H,16H2,1-2H3,(H,25,26). The Bertz CT molecular complexity index is 840. The summed E-state index contributed by atoms with van der Waals surface area (Å²) in [7, 11) is 0. The third kappa shape index (κ3) is 4.96. The summed E-state index contributed by atoms with van der Waals surface area (Å²) in [6.45, 7) is 4.17. The van der Waals surface area contributed by atoms with Crippen molar-refractivity contribution in [2.45, 2.75) is 26.3 Å². The van der Waals surface area contributed by atoms with Crippen LogP contribution in [-0.2, 0) is 11.2 Å². The maximum Gasteiger partial charge on any atom is 0.228 e. The second-order valence-electron chi connectivity index (χ2n) is 6.56. The van der Waals surface area contributed by atoms with Crippen LogP contribution in [0.3, 0.4) is 0 Å². The molecule has 0 heterocycles. The molecule has 0 aliphatic rings. The molecule has 1 atom stereocenters. The number of rotatable bonds is 6. The lowest BCUT2D eigenvalue weighted by atomic mass is 10.1. The molecule has 0 aliphatic heterocycles. The van der Waals surface area contributed by atoms with Crippen LogP contribution in [0.25, 0.3) is 0 Å². The van der Waals surface area contributed by atoms with Gasteiger partial charge in [-0.05, 0) is 49.2 Å². The fourth-order valence-electron chi connectivity index (χ4n) is 2.82. The predicted molar refractivity (Wildman–Crippen MR) is 108 cm³/mol. The first-order valence-electron chi connectivity index (χ1n) is 8.87. The zero-order chi connectivity index (χ0) is 18.4. The molecule has 3 aromatic carbocycles. The maximum absolute atomic E-state index is 12.2. The highest BCUT2D eigenvalue weighted by atomic mass is 16.1. The van der Waals surface area contributed by atoms with Gasteiger partial charge >= 0.3 is 0 Å². The van der Waals surface area contributed by atoms with Crippen molar-refractivity contribution >= 4 is 17.3 Å². The van der Waals surface area contributed by atoms with E-state index >= 15 is 0 Å². The van der Waals surface area contributed by atoms with Gasteiger partial charge < -0.3 is 10.6 Å². The van der Waals surface area contributed by atoms with Gasteiger partial charge in [-0.3, -0.25) is 4.79 Å². The first-order chi connectivity index (χ1) is 12.6. The van der Waals surface area contributed by atoms with Gasteiger partial charge in [-0.2, -0.15) is 0 Å². The number of anilines is 2. The predicted octanol–water partition coefficient (Wildman–Crippen LogP) is 5.35. The highest BCUT2D eigenvalue weighted by molar-refractivity contribution is 5.92. The minimum Gasteiger partial charge on any atom is -0.379 e. The van der Waals surface area contributed by atoms with Gasteiger partial charge in [0.1, 0.15) is 0 Å². The average molecular weight is 344 g/mol. The van der Waals surface area contributed by atoms with Crippen molar-refractivity contribution in [2.75, 3.05) is 10.6 Å². The summed E-state index contributed by atoms with van der Waals surface area (Å²) in [6.07, 6.45) is 0.380. The van der Waals surface area contributed by atoms with E-state index in [9.17, 15) is 4.79 Å². The number of benzene rings is 3. The first kappa shape index (κ1) is 17.7. The molecule has 3 rings (SSSR count). The molecule has 26 heavy (non-hydrogen) atoms. The van der Waals surface area contributed by atoms with Crippen LogP contribution >= 0.6 is 0 Å². The Hall–Kier alpha value is -3.07. The molecule has 3 nitrogen and oxygen atoms in total. The SMILES string of the molecule is Cc1ccc(CC(=O)Nc2ccc(NC(C)c3ccccc3)cc2)cc1. The molecule has 0 bridgehead atoms. The molecule has 2 N–H and O–H groups in total. The van der Waals surface area contributed by atoms with E-state index in [0.717, 1.165) is 16.9 Å². The van der Waals surface area contributed by atoms with Crippen molar-refractivity contribution < 1.29 is 4.79 Å². The van der Waals surface area contributed by atoms with Crippen molar-refractivity contribution in [3.05, 3.63) is 95.6 Å². The average Bonchev–Trinajstić information content (AvgIpc) is 2.66. The normalized spacial score (nSPS) is 11.6. The Morgan fingerprint density at radius 1 is 0.846 bits per heavy atom. The zero-order valence-electron chi connectivity index (χ0n) is 15.2. The molecule has 0 radical (unpaired) electrons. The topological polar surface area (TPSA) is 41.1 Å². The number of amides is 1. The Labute approximate surface area is 155 Å². The van der Waals surface area contributed by atoms with E-state index < -0.39 is 0 Å². The van der Waals surface area contributed by atoms with Crippen LogP contribution in [0.4, 0.5) is 11.4 Å². The third-order valence-corrected chi connectivity index (χ3v) is 4.34. The molecule has 1 amide bonds. The molecular formula is C23H24N2O. The number of carbonyl (C=O) groups is 1. The van der Waals surface area contributed by atoms with Gasteiger partial charge in [0.2, 0.25) is 5.91 Å². The smallest absolute Gasteiger partial charge is 0.228 e. The van der Waals surface area contributed by atoms with Crippen molar-refractivity contribution in [2.24, 2.45) is 0 Å². The van der Waals surface area contributed by atoms with Crippen molar-refractivity contribution in [1.29, 1.82) is 0 Å². The second kappa shape index (κ2) is 8.34. The number of nitrogens with one attached hydrogen (secondary N) is 2. The molecule has 1 unspecified atom stereocenters. The molecule has 3 heteroatoms. The van der Waals surface area contributed by atoms with Gasteiger partial charge in [0, 0.05) is 17.4 Å². The van der Waals surface area contributed by atoms with Gasteiger partial charge in [-0.1, -0.05) is 60.2 Å². The van der Waals surface area contributed by atoms with Gasteiger partial charge in [0.15, 0.2) is 0 Å². The third-order valence-electron chi connectivity index (χ3n) is 4.34. The summed E-state index contributed by atoms with van der Waals surface area (Å²) in [6, 6.07) is 26.4. The lowest BCUT2D eigenvalue weighted by Gasteiger charge is -2.16. The van der Waals surface area contributed by atoms with E-state index in [0.29, 0.717) is 6.42 Å². The van der Waals surface area contributed by atoms with Crippen LogP contribution in [0.15, 0.2) is 78.9 Å². The van der Waals surface area contributed by atoms with Gasteiger partial charge in [0.05, 0.1) is 6.42 Å². The molecule has 0 saturated heterocycles. The van der Waals surface area contributed by atoms with Crippen molar-refractivity contribution in [1.82, 2.24) is 0 Å². The maximum atomic E-state index is 12.2. The molecule has 0 aromatic heterocycles. The molecular weight excluding hydrogens is 320 g/mol. The van der Waals surface area contributed by atoms with Crippen LogP contribution in [0, 0.1) is 6.92 Å².